The van der Waals surface area contributed by atoms with Gasteiger partial charge in [-0.15, -0.1) is 0 Å². The van der Waals surface area contributed by atoms with Gasteiger partial charge < -0.3 is 10.6 Å². The SMILES string of the molecule is CCCNC(=O)c1cccc(C(=O)NCCc2ccccc2F)c1. The lowest BCUT2D eigenvalue weighted by Gasteiger charge is -2.08. The molecule has 2 aromatic carbocycles. The third-order valence-electron chi connectivity index (χ3n) is 3.56. The van der Waals surface area contributed by atoms with Crippen LogP contribution in [-0.2, 0) is 6.42 Å². The van der Waals surface area contributed by atoms with E-state index in [1.165, 1.54) is 6.07 Å². The Morgan fingerprint density at radius 1 is 0.917 bits per heavy atom. The molecule has 0 fully saturated rings. The normalized spacial score (nSPS) is 10.2. The molecule has 0 atom stereocenters. The second-order valence-electron chi connectivity index (χ2n) is 5.43. The van der Waals surface area contributed by atoms with E-state index in [2.05, 4.69) is 10.6 Å². The molecule has 0 saturated carbocycles. The smallest absolute Gasteiger partial charge is 0.251 e. The van der Waals surface area contributed by atoms with Crippen LogP contribution in [-0.4, -0.2) is 24.9 Å². The average Bonchev–Trinajstić information content (AvgIpc) is 2.61. The van der Waals surface area contributed by atoms with Crippen LogP contribution >= 0.6 is 0 Å². The number of carbonyl (C=O) groups is 2. The molecule has 2 N–H and O–H groups in total. The van der Waals surface area contributed by atoms with Crippen LogP contribution in [0.25, 0.3) is 0 Å². The molecule has 126 valence electrons. The fraction of sp³-hybridized carbons (Fsp3) is 0.263. The summed E-state index contributed by atoms with van der Waals surface area (Å²) in [5.74, 6) is -0.754. The minimum atomic E-state index is -0.281. The van der Waals surface area contributed by atoms with Crippen molar-refractivity contribution in [3.8, 4) is 0 Å². The lowest BCUT2D eigenvalue weighted by atomic mass is 10.1. The van der Waals surface area contributed by atoms with Gasteiger partial charge in [0.05, 0.1) is 0 Å². The molecule has 0 radical (unpaired) electrons. The summed E-state index contributed by atoms with van der Waals surface area (Å²) in [5, 5.41) is 5.52. The van der Waals surface area contributed by atoms with Crippen molar-refractivity contribution in [3.05, 3.63) is 71.0 Å². The quantitative estimate of drug-likeness (QED) is 0.821. The highest BCUT2D eigenvalue weighted by molar-refractivity contribution is 5.99. The van der Waals surface area contributed by atoms with Crippen molar-refractivity contribution in [2.45, 2.75) is 19.8 Å². The highest BCUT2D eigenvalue weighted by Gasteiger charge is 2.10. The zero-order valence-corrected chi connectivity index (χ0v) is 13.6. The standard InChI is InChI=1S/C19H21FN2O2/c1-2-11-21-18(23)15-7-5-8-16(13-15)19(24)22-12-10-14-6-3-4-9-17(14)20/h3-9,13H,2,10-12H2,1H3,(H,21,23)(H,22,24). The van der Waals surface area contributed by atoms with Crippen LogP contribution in [0.3, 0.4) is 0 Å². The van der Waals surface area contributed by atoms with Crippen molar-refractivity contribution in [1.82, 2.24) is 10.6 Å². The van der Waals surface area contributed by atoms with Gasteiger partial charge in [0.2, 0.25) is 0 Å². The van der Waals surface area contributed by atoms with E-state index in [0.717, 1.165) is 6.42 Å². The molecule has 0 heterocycles. The highest BCUT2D eigenvalue weighted by atomic mass is 19.1. The lowest BCUT2D eigenvalue weighted by molar-refractivity contribution is 0.0953. The summed E-state index contributed by atoms with van der Waals surface area (Å²) in [6.07, 6.45) is 1.26. The molecule has 0 saturated heterocycles. The third-order valence-corrected chi connectivity index (χ3v) is 3.56. The van der Waals surface area contributed by atoms with Crippen LogP contribution in [0.1, 0.15) is 39.6 Å². The van der Waals surface area contributed by atoms with Gasteiger partial charge in [0.15, 0.2) is 0 Å². The second-order valence-corrected chi connectivity index (χ2v) is 5.43. The van der Waals surface area contributed by atoms with Crippen LogP contribution < -0.4 is 10.6 Å². The number of carbonyl (C=O) groups excluding carboxylic acids is 2. The molecule has 2 amide bonds. The first-order valence-electron chi connectivity index (χ1n) is 8.01. The van der Waals surface area contributed by atoms with E-state index in [1.54, 1.807) is 42.5 Å². The first-order chi connectivity index (χ1) is 11.6. The van der Waals surface area contributed by atoms with E-state index in [0.29, 0.717) is 36.2 Å². The van der Waals surface area contributed by atoms with Crippen LogP contribution in [0.15, 0.2) is 48.5 Å². The number of amides is 2. The summed E-state index contributed by atoms with van der Waals surface area (Å²) in [5.41, 5.74) is 1.42. The number of nitrogens with one attached hydrogen (secondary N) is 2. The largest absolute Gasteiger partial charge is 0.352 e. The summed E-state index contributed by atoms with van der Waals surface area (Å²) >= 11 is 0. The molecule has 0 unspecified atom stereocenters. The van der Waals surface area contributed by atoms with Gasteiger partial charge in [0.25, 0.3) is 11.8 Å². The first kappa shape index (κ1) is 17.7. The summed E-state index contributed by atoms with van der Waals surface area (Å²) in [6, 6.07) is 13.0. The molecule has 5 heteroatoms. The molecular formula is C19H21FN2O2. The minimum absolute atomic E-state index is 0.196. The van der Waals surface area contributed by atoms with Crippen LogP contribution in [0, 0.1) is 5.82 Å². The zero-order valence-electron chi connectivity index (χ0n) is 13.6. The summed E-state index contributed by atoms with van der Waals surface area (Å²) in [6.45, 7) is 2.89. The Bertz CT molecular complexity index is 716. The fourth-order valence-corrected chi connectivity index (χ4v) is 2.26. The van der Waals surface area contributed by atoms with Gasteiger partial charge in [-0.3, -0.25) is 9.59 Å². The molecule has 4 nitrogen and oxygen atoms in total. The Hall–Kier alpha value is -2.69. The average molecular weight is 328 g/mol. The van der Waals surface area contributed by atoms with E-state index >= 15 is 0 Å². The van der Waals surface area contributed by atoms with Crippen molar-refractivity contribution < 1.29 is 14.0 Å². The van der Waals surface area contributed by atoms with Gasteiger partial charge >= 0.3 is 0 Å². The van der Waals surface area contributed by atoms with Crippen molar-refractivity contribution in [2.75, 3.05) is 13.1 Å². The van der Waals surface area contributed by atoms with Crippen molar-refractivity contribution in [2.24, 2.45) is 0 Å². The molecule has 0 aliphatic carbocycles. The highest BCUT2D eigenvalue weighted by Crippen LogP contribution is 2.08. The van der Waals surface area contributed by atoms with Gasteiger partial charge in [-0.05, 0) is 42.7 Å². The molecule has 2 rings (SSSR count). The lowest BCUT2D eigenvalue weighted by Crippen LogP contribution is -2.27. The Morgan fingerprint density at radius 2 is 1.54 bits per heavy atom. The number of halogens is 1. The van der Waals surface area contributed by atoms with Crippen LogP contribution in [0.5, 0.6) is 0 Å². The molecule has 0 aliphatic heterocycles. The van der Waals surface area contributed by atoms with Crippen molar-refractivity contribution in [3.63, 3.8) is 0 Å². The van der Waals surface area contributed by atoms with Gasteiger partial charge in [0, 0.05) is 24.2 Å². The fourth-order valence-electron chi connectivity index (χ4n) is 2.26. The third kappa shape index (κ3) is 4.91. The number of benzene rings is 2. The predicted octanol–water partition coefficient (Wildman–Crippen LogP) is 2.94. The monoisotopic (exact) mass is 328 g/mol. The molecule has 0 bridgehead atoms. The Balaban J connectivity index is 1.92. The van der Waals surface area contributed by atoms with E-state index in [9.17, 15) is 14.0 Å². The predicted molar refractivity (Wildman–Crippen MR) is 91.5 cm³/mol. The van der Waals surface area contributed by atoms with Gasteiger partial charge in [-0.1, -0.05) is 31.2 Å². The molecular weight excluding hydrogens is 307 g/mol. The Morgan fingerprint density at radius 3 is 2.17 bits per heavy atom. The van der Waals surface area contributed by atoms with E-state index in [1.807, 2.05) is 6.92 Å². The van der Waals surface area contributed by atoms with E-state index < -0.39 is 0 Å². The number of rotatable bonds is 7. The summed E-state index contributed by atoms with van der Waals surface area (Å²) in [7, 11) is 0. The second kappa shape index (κ2) is 8.82. The summed E-state index contributed by atoms with van der Waals surface area (Å²) in [4.78, 5) is 24.1. The topological polar surface area (TPSA) is 58.2 Å². The maximum Gasteiger partial charge on any atom is 0.251 e. The van der Waals surface area contributed by atoms with E-state index in [-0.39, 0.29) is 17.6 Å². The molecule has 24 heavy (non-hydrogen) atoms. The molecule has 0 aliphatic rings. The van der Waals surface area contributed by atoms with Crippen LogP contribution in [0.4, 0.5) is 4.39 Å². The number of hydrogen-bond acceptors (Lipinski definition) is 2. The van der Waals surface area contributed by atoms with Gasteiger partial charge in [-0.2, -0.15) is 0 Å². The van der Waals surface area contributed by atoms with Gasteiger partial charge in [0.1, 0.15) is 5.82 Å². The van der Waals surface area contributed by atoms with Gasteiger partial charge in [-0.25, -0.2) is 4.39 Å². The maximum absolute atomic E-state index is 13.5. The zero-order chi connectivity index (χ0) is 17.4. The number of hydrogen-bond donors (Lipinski definition) is 2. The van der Waals surface area contributed by atoms with Crippen molar-refractivity contribution >= 4 is 11.8 Å². The Labute approximate surface area is 141 Å². The molecule has 2 aromatic rings. The molecule has 0 spiro atoms. The minimum Gasteiger partial charge on any atom is -0.352 e. The Kier molecular flexibility index (Phi) is 6.49. The first-order valence-corrected chi connectivity index (χ1v) is 8.01. The van der Waals surface area contributed by atoms with Crippen LogP contribution in [0.2, 0.25) is 0 Å². The van der Waals surface area contributed by atoms with Crippen molar-refractivity contribution in [1.29, 1.82) is 0 Å². The summed E-state index contributed by atoms with van der Waals surface area (Å²) < 4.78 is 13.5. The van der Waals surface area contributed by atoms with E-state index in [4.69, 9.17) is 0 Å². The maximum atomic E-state index is 13.5. The molecule has 0 aromatic heterocycles.